The van der Waals surface area contributed by atoms with Gasteiger partial charge in [0.15, 0.2) is 0 Å². The molecule has 0 aliphatic carbocycles. The first-order valence-electron chi connectivity index (χ1n) is 6.02. The lowest BCUT2D eigenvalue weighted by molar-refractivity contribution is 0.640. The largest absolute Gasteiger partial charge is 0.298 e. The average Bonchev–Trinajstić information content (AvgIpc) is 2.60. The Hall–Kier alpha value is -1.29. The number of halogens is 1. The summed E-state index contributed by atoms with van der Waals surface area (Å²) in [5.41, 5.74) is 3.29. The van der Waals surface area contributed by atoms with Crippen LogP contribution in [0.5, 0.6) is 0 Å². The molecule has 1 aromatic heterocycles. The summed E-state index contributed by atoms with van der Waals surface area (Å²) in [4.78, 5) is 12.1. The monoisotopic (exact) mass is 308 g/mol. The third kappa shape index (κ3) is 2.58. The van der Waals surface area contributed by atoms with Crippen LogP contribution in [0.2, 0.25) is 0 Å². The molecule has 1 aromatic carbocycles. The van der Waals surface area contributed by atoms with Gasteiger partial charge in [0.2, 0.25) is 0 Å². The zero-order chi connectivity index (χ0) is 13.3. The maximum absolute atomic E-state index is 12.1. The van der Waals surface area contributed by atoms with Crippen molar-refractivity contribution in [3.63, 3.8) is 0 Å². The summed E-state index contributed by atoms with van der Waals surface area (Å²) in [6, 6.07) is 8.21. The molecule has 3 nitrogen and oxygen atoms in total. The van der Waals surface area contributed by atoms with Gasteiger partial charge in [0, 0.05) is 0 Å². The molecule has 2 aromatic rings. The molecule has 0 atom stereocenters. The second kappa shape index (κ2) is 5.14. The molecule has 0 fully saturated rings. The molecule has 0 radical (unpaired) electrons. The Kier molecular flexibility index (Phi) is 3.76. The number of nitrogens with zero attached hydrogens (tertiary/aromatic N) is 1. The zero-order valence-electron chi connectivity index (χ0n) is 10.8. The summed E-state index contributed by atoms with van der Waals surface area (Å²) in [7, 11) is 0. The van der Waals surface area contributed by atoms with Gasteiger partial charge in [-0.05, 0) is 34.3 Å². The van der Waals surface area contributed by atoms with E-state index in [1.54, 1.807) is 4.68 Å². The van der Waals surface area contributed by atoms with Crippen LogP contribution in [0.1, 0.15) is 36.6 Å². The van der Waals surface area contributed by atoms with Gasteiger partial charge in [-0.1, -0.05) is 43.7 Å². The van der Waals surface area contributed by atoms with Crippen molar-refractivity contribution in [3.8, 4) is 0 Å². The molecule has 0 unspecified atom stereocenters. The molecule has 0 aliphatic rings. The number of aromatic nitrogens is 2. The molecule has 1 heterocycles. The fourth-order valence-electron chi connectivity index (χ4n) is 1.85. The molecular weight excluding hydrogens is 292 g/mol. The van der Waals surface area contributed by atoms with E-state index in [1.165, 1.54) is 5.56 Å². The van der Waals surface area contributed by atoms with Crippen LogP contribution in [0.25, 0.3) is 0 Å². The highest BCUT2D eigenvalue weighted by atomic mass is 79.9. The maximum Gasteiger partial charge on any atom is 0.281 e. The number of aromatic amines is 1. The first kappa shape index (κ1) is 13.1. The van der Waals surface area contributed by atoms with Gasteiger partial charge in [-0.15, -0.1) is 0 Å². The molecule has 96 valence electrons. The minimum absolute atomic E-state index is 0.000671. The van der Waals surface area contributed by atoms with Gasteiger partial charge in [-0.3, -0.25) is 9.89 Å². The molecule has 18 heavy (non-hydrogen) atoms. The molecule has 0 saturated heterocycles. The van der Waals surface area contributed by atoms with Gasteiger partial charge in [-0.25, -0.2) is 4.68 Å². The van der Waals surface area contributed by atoms with Gasteiger partial charge < -0.3 is 0 Å². The number of aryl methyl sites for hydroxylation is 1. The number of nitrogens with one attached hydrogen (secondary N) is 1. The smallest absolute Gasteiger partial charge is 0.281 e. The fraction of sp³-hybridized carbons (Fsp3) is 0.357. The van der Waals surface area contributed by atoms with Gasteiger partial charge >= 0.3 is 0 Å². The molecule has 2 rings (SSSR count). The SMILES string of the molecule is Cc1ccc(Cn2[nH]c(C(C)C)c(Br)c2=O)cc1. The van der Waals surface area contributed by atoms with Crippen molar-refractivity contribution in [2.75, 3.05) is 0 Å². The average molecular weight is 309 g/mol. The van der Waals surface area contributed by atoms with E-state index in [-0.39, 0.29) is 5.56 Å². The zero-order valence-corrected chi connectivity index (χ0v) is 12.4. The van der Waals surface area contributed by atoms with Crippen LogP contribution in [0.15, 0.2) is 33.5 Å². The Labute approximate surface area is 115 Å². The van der Waals surface area contributed by atoms with E-state index in [9.17, 15) is 4.79 Å². The summed E-state index contributed by atoms with van der Waals surface area (Å²) in [5, 5.41) is 3.17. The van der Waals surface area contributed by atoms with E-state index in [4.69, 9.17) is 0 Å². The Balaban J connectivity index is 2.32. The van der Waals surface area contributed by atoms with Gasteiger partial charge in [0.25, 0.3) is 5.56 Å². The number of hydrogen-bond donors (Lipinski definition) is 1. The third-order valence-electron chi connectivity index (χ3n) is 2.96. The minimum Gasteiger partial charge on any atom is -0.298 e. The third-order valence-corrected chi connectivity index (χ3v) is 3.73. The van der Waals surface area contributed by atoms with Crippen LogP contribution in [-0.4, -0.2) is 9.78 Å². The fourth-order valence-corrected chi connectivity index (χ4v) is 2.61. The first-order chi connectivity index (χ1) is 8.49. The van der Waals surface area contributed by atoms with Crippen LogP contribution >= 0.6 is 15.9 Å². The van der Waals surface area contributed by atoms with E-state index in [2.05, 4.69) is 53.9 Å². The highest BCUT2D eigenvalue weighted by Gasteiger charge is 2.14. The Morgan fingerprint density at radius 1 is 1.28 bits per heavy atom. The first-order valence-corrected chi connectivity index (χ1v) is 6.82. The van der Waals surface area contributed by atoms with E-state index in [0.29, 0.717) is 16.9 Å². The number of benzene rings is 1. The van der Waals surface area contributed by atoms with E-state index >= 15 is 0 Å². The van der Waals surface area contributed by atoms with E-state index in [0.717, 1.165) is 11.3 Å². The maximum atomic E-state index is 12.1. The van der Waals surface area contributed by atoms with Crippen molar-refractivity contribution in [2.24, 2.45) is 0 Å². The summed E-state index contributed by atoms with van der Waals surface area (Å²) < 4.78 is 2.29. The highest BCUT2D eigenvalue weighted by Crippen LogP contribution is 2.19. The van der Waals surface area contributed by atoms with Crippen molar-refractivity contribution in [2.45, 2.75) is 33.2 Å². The molecular formula is C14H17BrN2O. The lowest BCUT2D eigenvalue weighted by Crippen LogP contribution is -2.17. The molecule has 0 amide bonds. The molecule has 4 heteroatoms. The van der Waals surface area contributed by atoms with Crippen LogP contribution in [-0.2, 0) is 6.54 Å². The van der Waals surface area contributed by atoms with Crippen molar-refractivity contribution >= 4 is 15.9 Å². The normalized spacial score (nSPS) is 11.2. The van der Waals surface area contributed by atoms with Crippen LogP contribution < -0.4 is 5.56 Å². The highest BCUT2D eigenvalue weighted by molar-refractivity contribution is 9.10. The van der Waals surface area contributed by atoms with Crippen LogP contribution in [0.4, 0.5) is 0 Å². The van der Waals surface area contributed by atoms with Crippen LogP contribution in [0.3, 0.4) is 0 Å². The lowest BCUT2D eigenvalue weighted by Gasteiger charge is -2.04. The Bertz CT molecular complexity index is 593. The molecule has 0 saturated carbocycles. The van der Waals surface area contributed by atoms with Crippen molar-refractivity contribution in [1.82, 2.24) is 9.78 Å². The number of hydrogen-bond acceptors (Lipinski definition) is 1. The molecule has 0 aliphatic heterocycles. The van der Waals surface area contributed by atoms with E-state index < -0.39 is 0 Å². The van der Waals surface area contributed by atoms with Crippen molar-refractivity contribution in [1.29, 1.82) is 0 Å². The minimum atomic E-state index is -0.000671. The summed E-state index contributed by atoms with van der Waals surface area (Å²) in [6.07, 6.45) is 0. The second-order valence-corrected chi connectivity index (χ2v) is 5.66. The Morgan fingerprint density at radius 2 is 1.89 bits per heavy atom. The molecule has 0 bridgehead atoms. The van der Waals surface area contributed by atoms with Gasteiger partial charge in [0.1, 0.15) is 4.47 Å². The standard InChI is InChI=1S/C14H17BrN2O/c1-9(2)13-12(15)14(18)17(16-13)8-11-6-4-10(3)5-7-11/h4-7,9,16H,8H2,1-3H3. The summed E-state index contributed by atoms with van der Waals surface area (Å²) in [5.74, 6) is 0.298. The lowest BCUT2D eigenvalue weighted by atomic mass is 10.1. The molecule has 0 spiro atoms. The van der Waals surface area contributed by atoms with Gasteiger partial charge in [0.05, 0.1) is 12.2 Å². The number of H-pyrrole nitrogens is 1. The second-order valence-electron chi connectivity index (χ2n) is 4.87. The Morgan fingerprint density at radius 3 is 2.39 bits per heavy atom. The van der Waals surface area contributed by atoms with Crippen molar-refractivity contribution < 1.29 is 0 Å². The topological polar surface area (TPSA) is 37.8 Å². The summed E-state index contributed by atoms with van der Waals surface area (Å²) >= 11 is 3.36. The van der Waals surface area contributed by atoms with Crippen LogP contribution in [0, 0.1) is 6.92 Å². The van der Waals surface area contributed by atoms with E-state index in [1.807, 2.05) is 12.1 Å². The van der Waals surface area contributed by atoms with Crippen molar-refractivity contribution in [3.05, 3.63) is 55.9 Å². The molecule has 1 N–H and O–H groups in total. The quantitative estimate of drug-likeness (QED) is 0.927. The summed E-state index contributed by atoms with van der Waals surface area (Å²) in [6.45, 7) is 6.75. The predicted octanol–water partition coefficient (Wildman–Crippen LogP) is 3.42. The number of rotatable bonds is 3. The van der Waals surface area contributed by atoms with Gasteiger partial charge in [-0.2, -0.15) is 0 Å². The predicted molar refractivity (Wildman–Crippen MR) is 77.1 cm³/mol.